The number of allylic oxidation sites excluding steroid dienone is 2. The molecule has 0 bridgehead atoms. The second-order valence-corrected chi connectivity index (χ2v) is 4.03. The number of nitrogens with two attached hydrogens (primary N) is 1. The van der Waals surface area contributed by atoms with Crippen LogP contribution in [0.1, 0.15) is 27.2 Å². The second-order valence-electron chi connectivity index (χ2n) is 4.03. The van der Waals surface area contributed by atoms with Crippen LogP contribution in [0.3, 0.4) is 0 Å². The summed E-state index contributed by atoms with van der Waals surface area (Å²) in [6.07, 6.45) is 5.00. The molecule has 0 aromatic rings. The fraction of sp³-hybridized carbons (Fsp3) is 0.538. The van der Waals surface area contributed by atoms with Crippen LogP contribution in [0.4, 0.5) is 0 Å². The van der Waals surface area contributed by atoms with Crippen LogP contribution in [0.25, 0.3) is 0 Å². The Hall–Kier alpha value is -1.42. The van der Waals surface area contributed by atoms with Crippen molar-refractivity contribution in [2.45, 2.75) is 33.2 Å². The van der Waals surface area contributed by atoms with Gasteiger partial charge in [0.2, 0.25) is 0 Å². The van der Waals surface area contributed by atoms with Crippen molar-refractivity contribution >= 4 is 11.8 Å². The summed E-state index contributed by atoms with van der Waals surface area (Å²) in [4.78, 5) is 23.6. The third-order valence-corrected chi connectivity index (χ3v) is 2.90. The lowest BCUT2D eigenvalue weighted by molar-refractivity contribution is -0.150. The normalized spacial score (nSPS) is 16.2. The van der Waals surface area contributed by atoms with Crippen molar-refractivity contribution in [1.82, 2.24) is 0 Å². The molecule has 4 nitrogen and oxygen atoms in total. The molecule has 0 aromatic heterocycles. The lowest BCUT2D eigenvalue weighted by Crippen LogP contribution is -2.50. The Bertz CT molecular complexity index is 323. The molecule has 0 aliphatic carbocycles. The summed E-state index contributed by atoms with van der Waals surface area (Å²) in [6.45, 7) is 8.79. The van der Waals surface area contributed by atoms with Crippen LogP contribution in [-0.2, 0) is 14.3 Å². The standard InChI is InChI=1S/C13H21NO3/c1-5-8-10(15)13(4,7-3)11(14)12(16)17-9-6-2/h5-6,8,11H,2,7,9,14H2,1,3-4H3/t11-,13+/m1/s1. The molecule has 0 radical (unpaired) electrons. The Morgan fingerprint density at radius 1 is 1.53 bits per heavy atom. The molecule has 0 heterocycles. The zero-order valence-corrected chi connectivity index (χ0v) is 10.7. The van der Waals surface area contributed by atoms with Crippen molar-refractivity contribution in [3.63, 3.8) is 0 Å². The van der Waals surface area contributed by atoms with Crippen LogP contribution < -0.4 is 5.73 Å². The zero-order valence-electron chi connectivity index (χ0n) is 10.7. The SMILES string of the molecule is C=CCOC(=O)[C@@H](N)[C@@](C)(CC)C(=O)C=CC. The van der Waals surface area contributed by atoms with Gasteiger partial charge in [0.25, 0.3) is 0 Å². The van der Waals surface area contributed by atoms with Crippen LogP contribution in [-0.4, -0.2) is 24.4 Å². The Kier molecular flexibility index (Phi) is 6.43. The molecular weight excluding hydrogens is 218 g/mol. The van der Waals surface area contributed by atoms with Gasteiger partial charge < -0.3 is 10.5 Å². The number of hydrogen-bond donors (Lipinski definition) is 1. The van der Waals surface area contributed by atoms with Gasteiger partial charge in [-0.1, -0.05) is 32.6 Å². The van der Waals surface area contributed by atoms with Crippen molar-refractivity contribution in [2.24, 2.45) is 11.1 Å². The number of rotatable bonds is 7. The maximum Gasteiger partial charge on any atom is 0.324 e. The number of hydrogen-bond acceptors (Lipinski definition) is 4. The van der Waals surface area contributed by atoms with E-state index in [0.29, 0.717) is 6.42 Å². The van der Waals surface area contributed by atoms with E-state index in [2.05, 4.69) is 6.58 Å². The predicted octanol–water partition coefficient (Wildman–Crippen LogP) is 1.60. The molecular formula is C13H21NO3. The van der Waals surface area contributed by atoms with Crippen LogP contribution in [0, 0.1) is 5.41 Å². The molecule has 0 aromatic carbocycles. The zero-order chi connectivity index (χ0) is 13.5. The molecule has 2 atom stereocenters. The van der Waals surface area contributed by atoms with Crippen molar-refractivity contribution in [3.05, 3.63) is 24.8 Å². The van der Waals surface area contributed by atoms with E-state index < -0.39 is 17.4 Å². The highest BCUT2D eigenvalue weighted by Gasteiger charge is 2.41. The van der Waals surface area contributed by atoms with E-state index in [1.54, 1.807) is 19.9 Å². The largest absolute Gasteiger partial charge is 0.460 e. The minimum atomic E-state index is -0.962. The second kappa shape index (κ2) is 7.01. The minimum Gasteiger partial charge on any atom is -0.460 e. The van der Waals surface area contributed by atoms with Gasteiger partial charge in [0.1, 0.15) is 12.6 Å². The third-order valence-electron chi connectivity index (χ3n) is 2.90. The van der Waals surface area contributed by atoms with E-state index in [1.807, 2.05) is 6.92 Å². The van der Waals surface area contributed by atoms with E-state index in [4.69, 9.17) is 10.5 Å². The van der Waals surface area contributed by atoms with Gasteiger partial charge in [-0.3, -0.25) is 9.59 Å². The Balaban J connectivity index is 4.90. The van der Waals surface area contributed by atoms with Gasteiger partial charge in [-0.25, -0.2) is 0 Å². The topological polar surface area (TPSA) is 69.4 Å². The number of ketones is 1. The lowest BCUT2D eigenvalue weighted by atomic mass is 9.76. The summed E-state index contributed by atoms with van der Waals surface area (Å²) in [5.41, 5.74) is 4.89. The minimum absolute atomic E-state index is 0.101. The van der Waals surface area contributed by atoms with Gasteiger partial charge in [0.15, 0.2) is 5.78 Å². The van der Waals surface area contributed by atoms with Gasteiger partial charge >= 0.3 is 5.97 Å². The predicted molar refractivity (Wildman–Crippen MR) is 67.4 cm³/mol. The van der Waals surface area contributed by atoms with Crippen LogP contribution in [0.2, 0.25) is 0 Å². The lowest BCUT2D eigenvalue weighted by Gasteiger charge is -2.30. The van der Waals surface area contributed by atoms with E-state index >= 15 is 0 Å². The third kappa shape index (κ3) is 3.82. The molecule has 0 saturated carbocycles. The number of ether oxygens (including phenoxy) is 1. The smallest absolute Gasteiger partial charge is 0.324 e. The van der Waals surface area contributed by atoms with Gasteiger partial charge in [-0.05, 0) is 19.4 Å². The Labute approximate surface area is 103 Å². The van der Waals surface area contributed by atoms with Gasteiger partial charge in [0.05, 0.1) is 5.41 Å². The number of carbonyl (C=O) groups excluding carboxylic acids is 2. The van der Waals surface area contributed by atoms with Crippen LogP contribution in [0.15, 0.2) is 24.8 Å². The fourth-order valence-electron chi connectivity index (χ4n) is 1.38. The van der Waals surface area contributed by atoms with Gasteiger partial charge in [-0.2, -0.15) is 0 Å². The van der Waals surface area contributed by atoms with Crippen molar-refractivity contribution in [1.29, 1.82) is 0 Å². The van der Waals surface area contributed by atoms with Crippen LogP contribution >= 0.6 is 0 Å². The molecule has 0 spiro atoms. The van der Waals surface area contributed by atoms with Crippen molar-refractivity contribution in [2.75, 3.05) is 6.61 Å². The summed E-state index contributed by atoms with van der Waals surface area (Å²) in [7, 11) is 0. The van der Waals surface area contributed by atoms with E-state index in [1.165, 1.54) is 12.2 Å². The summed E-state index contributed by atoms with van der Waals surface area (Å²) in [6, 6.07) is -0.962. The highest BCUT2D eigenvalue weighted by Crippen LogP contribution is 2.27. The Morgan fingerprint density at radius 3 is 2.53 bits per heavy atom. The first-order chi connectivity index (χ1) is 7.93. The van der Waals surface area contributed by atoms with E-state index in [-0.39, 0.29) is 12.4 Å². The molecule has 0 rings (SSSR count). The maximum absolute atomic E-state index is 11.9. The molecule has 0 amide bonds. The Morgan fingerprint density at radius 2 is 2.12 bits per heavy atom. The molecule has 0 fully saturated rings. The molecule has 2 N–H and O–H groups in total. The molecule has 0 aliphatic heterocycles. The quantitative estimate of drug-likeness (QED) is 0.416. The molecule has 0 aliphatic rings. The van der Waals surface area contributed by atoms with Crippen molar-refractivity contribution in [3.8, 4) is 0 Å². The monoisotopic (exact) mass is 239 g/mol. The summed E-state index contributed by atoms with van der Waals surface area (Å²) in [5, 5.41) is 0. The first kappa shape index (κ1) is 15.6. The average molecular weight is 239 g/mol. The fourth-order valence-corrected chi connectivity index (χ4v) is 1.38. The highest BCUT2D eigenvalue weighted by molar-refractivity contribution is 5.98. The first-order valence-corrected chi connectivity index (χ1v) is 5.64. The van der Waals surface area contributed by atoms with Gasteiger partial charge in [0, 0.05) is 0 Å². The number of esters is 1. The average Bonchev–Trinajstić information content (AvgIpc) is 2.34. The molecule has 4 heteroatoms. The molecule has 0 saturated heterocycles. The summed E-state index contributed by atoms with van der Waals surface area (Å²) >= 11 is 0. The van der Waals surface area contributed by atoms with E-state index in [9.17, 15) is 9.59 Å². The van der Waals surface area contributed by atoms with Crippen molar-refractivity contribution < 1.29 is 14.3 Å². The molecule has 0 unspecified atom stereocenters. The first-order valence-electron chi connectivity index (χ1n) is 5.64. The molecule has 17 heavy (non-hydrogen) atoms. The summed E-state index contributed by atoms with van der Waals surface area (Å²) in [5.74, 6) is -0.738. The molecule has 96 valence electrons. The summed E-state index contributed by atoms with van der Waals surface area (Å²) < 4.78 is 4.87. The maximum atomic E-state index is 11.9. The van der Waals surface area contributed by atoms with E-state index in [0.717, 1.165) is 0 Å². The highest BCUT2D eigenvalue weighted by atomic mass is 16.5. The number of carbonyl (C=O) groups is 2. The van der Waals surface area contributed by atoms with Gasteiger partial charge in [-0.15, -0.1) is 0 Å². The van der Waals surface area contributed by atoms with Crippen LogP contribution in [0.5, 0.6) is 0 Å².